The smallest absolute Gasteiger partial charge is 0.253 e. The van der Waals surface area contributed by atoms with Gasteiger partial charge >= 0.3 is 0 Å². The third kappa shape index (κ3) is 4.59. The number of hydrogen-bond donors (Lipinski definition) is 2. The highest BCUT2D eigenvalue weighted by molar-refractivity contribution is 5.94. The molecule has 1 fully saturated rings. The van der Waals surface area contributed by atoms with Crippen LogP contribution in [-0.2, 0) is 11.2 Å². The number of phenols is 1. The topological polar surface area (TPSA) is 69.6 Å². The molecule has 1 aliphatic rings. The van der Waals surface area contributed by atoms with Crippen LogP contribution in [0.1, 0.15) is 28.8 Å². The van der Waals surface area contributed by atoms with Crippen molar-refractivity contribution in [2.45, 2.75) is 25.3 Å². The quantitative estimate of drug-likeness (QED) is 0.884. The first kappa shape index (κ1) is 17.9. The summed E-state index contributed by atoms with van der Waals surface area (Å²) in [5.41, 5.74) is 1.23. The molecule has 0 atom stereocenters. The van der Waals surface area contributed by atoms with Crippen LogP contribution in [0.15, 0.2) is 48.5 Å². The lowest BCUT2D eigenvalue weighted by Crippen LogP contribution is -2.46. The molecule has 2 N–H and O–H groups in total. The van der Waals surface area contributed by atoms with Crippen molar-refractivity contribution in [1.82, 2.24) is 10.2 Å². The Morgan fingerprint density at radius 1 is 1.12 bits per heavy atom. The van der Waals surface area contributed by atoms with Gasteiger partial charge in [0.25, 0.3) is 5.91 Å². The summed E-state index contributed by atoms with van der Waals surface area (Å²) in [6, 6.07) is 12.2. The summed E-state index contributed by atoms with van der Waals surface area (Å²) in [6.45, 7) is 1.10. The number of phenolic OH excluding ortho intramolecular Hbond substituents is 1. The number of carbonyl (C=O) groups is 2. The number of hydrogen-bond acceptors (Lipinski definition) is 3. The molecule has 0 aromatic heterocycles. The monoisotopic (exact) mass is 356 g/mol. The molecule has 6 heteroatoms. The minimum Gasteiger partial charge on any atom is -0.508 e. The van der Waals surface area contributed by atoms with E-state index >= 15 is 0 Å². The van der Waals surface area contributed by atoms with Crippen LogP contribution >= 0.6 is 0 Å². The van der Waals surface area contributed by atoms with Crippen molar-refractivity contribution in [2.24, 2.45) is 0 Å². The molecule has 3 rings (SSSR count). The highest BCUT2D eigenvalue weighted by atomic mass is 19.1. The van der Waals surface area contributed by atoms with Gasteiger partial charge in [-0.15, -0.1) is 0 Å². The van der Waals surface area contributed by atoms with Crippen LogP contribution in [0.5, 0.6) is 5.75 Å². The van der Waals surface area contributed by atoms with Crippen molar-refractivity contribution in [3.05, 3.63) is 65.5 Å². The number of nitrogens with zero attached hydrogens (tertiary/aromatic N) is 1. The number of piperidine rings is 1. The largest absolute Gasteiger partial charge is 0.508 e. The Balaban J connectivity index is 1.48. The number of rotatable bonds is 4. The van der Waals surface area contributed by atoms with Crippen LogP contribution < -0.4 is 5.32 Å². The van der Waals surface area contributed by atoms with Gasteiger partial charge in [0.2, 0.25) is 5.91 Å². The lowest BCUT2D eigenvalue weighted by Gasteiger charge is -2.32. The van der Waals surface area contributed by atoms with Crippen LogP contribution in [0.4, 0.5) is 4.39 Å². The second-order valence-corrected chi connectivity index (χ2v) is 6.49. The number of benzene rings is 2. The average Bonchev–Trinajstić information content (AvgIpc) is 2.64. The van der Waals surface area contributed by atoms with E-state index in [0.717, 1.165) is 5.56 Å². The molecule has 0 radical (unpaired) electrons. The third-order valence-electron chi connectivity index (χ3n) is 4.52. The molecule has 0 spiro atoms. The molecule has 136 valence electrons. The third-order valence-corrected chi connectivity index (χ3v) is 4.52. The maximum atomic E-state index is 12.9. The molecule has 0 aliphatic carbocycles. The van der Waals surface area contributed by atoms with Gasteiger partial charge in [0.05, 0.1) is 6.42 Å². The first-order chi connectivity index (χ1) is 12.5. The van der Waals surface area contributed by atoms with Crippen LogP contribution in [0.25, 0.3) is 0 Å². The maximum absolute atomic E-state index is 12.9. The van der Waals surface area contributed by atoms with Gasteiger partial charge in [-0.2, -0.15) is 0 Å². The van der Waals surface area contributed by atoms with Crippen molar-refractivity contribution in [3.8, 4) is 5.75 Å². The molecular weight excluding hydrogens is 335 g/mol. The van der Waals surface area contributed by atoms with Gasteiger partial charge in [0, 0.05) is 24.7 Å². The molecule has 1 heterocycles. The Labute approximate surface area is 151 Å². The van der Waals surface area contributed by atoms with Gasteiger partial charge in [0.15, 0.2) is 0 Å². The zero-order chi connectivity index (χ0) is 18.5. The van der Waals surface area contributed by atoms with E-state index in [1.165, 1.54) is 24.3 Å². The van der Waals surface area contributed by atoms with Crippen LogP contribution in [-0.4, -0.2) is 41.0 Å². The molecule has 2 amide bonds. The highest BCUT2D eigenvalue weighted by Gasteiger charge is 2.24. The second kappa shape index (κ2) is 7.99. The van der Waals surface area contributed by atoms with Gasteiger partial charge in [-0.05, 0) is 48.7 Å². The lowest BCUT2D eigenvalue weighted by atomic mass is 10.0. The number of halogens is 1. The molecule has 0 unspecified atom stereocenters. The van der Waals surface area contributed by atoms with Crippen LogP contribution in [0.2, 0.25) is 0 Å². The Hall–Kier alpha value is -2.89. The van der Waals surface area contributed by atoms with Gasteiger partial charge in [0.1, 0.15) is 11.6 Å². The predicted octanol–water partition coefficient (Wildman–Crippen LogP) is 2.49. The predicted molar refractivity (Wildman–Crippen MR) is 95.3 cm³/mol. The van der Waals surface area contributed by atoms with E-state index in [1.54, 1.807) is 29.2 Å². The molecule has 0 bridgehead atoms. The van der Waals surface area contributed by atoms with E-state index in [9.17, 15) is 19.1 Å². The molecule has 0 saturated carbocycles. The average molecular weight is 356 g/mol. The fraction of sp³-hybridized carbons (Fsp3) is 0.300. The molecular formula is C20H21FN2O3. The Morgan fingerprint density at radius 3 is 2.46 bits per heavy atom. The number of nitrogens with one attached hydrogen (secondary N) is 1. The Kier molecular flexibility index (Phi) is 5.51. The van der Waals surface area contributed by atoms with Crippen molar-refractivity contribution in [2.75, 3.05) is 13.1 Å². The molecule has 1 aliphatic heterocycles. The van der Waals surface area contributed by atoms with E-state index in [1.807, 2.05) is 0 Å². The van der Waals surface area contributed by atoms with Gasteiger partial charge in [-0.3, -0.25) is 9.59 Å². The minimum atomic E-state index is -0.321. The van der Waals surface area contributed by atoms with E-state index in [-0.39, 0.29) is 35.8 Å². The Morgan fingerprint density at radius 2 is 1.81 bits per heavy atom. The molecule has 2 aromatic rings. The van der Waals surface area contributed by atoms with E-state index in [2.05, 4.69) is 5.32 Å². The summed E-state index contributed by atoms with van der Waals surface area (Å²) in [4.78, 5) is 26.3. The Bertz CT molecular complexity index is 784. The summed E-state index contributed by atoms with van der Waals surface area (Å²) in [7, 11) is 0. The second-order valence-electron chi connectivity index (χ2n) is 6.49. The molecule has 26 heavy (non-hydrogen) atoms. The van der Waals surface area contributed by atoms with Gasteiger partial charge in [-0.25, -0.2) is 4.39 Å². The number of likely N-dealkylation sites (tertiary alicyclic amines) is 1. The number of amides is 2. The summed E-state index contributed by atoms with van der Waals surface area (Å²) in [5, 5.41) is 12.5. The maximum Gasteiger partial charge on any atom is 0.253 e. The first-order valence-electron chi connectivity index (χ1n) is 8.63. The number of carbonyl (C=O) groups excluding carboxylic acids is 2. The lowest BCUT2D eigenvalue weighted by molar-refractivity contribution is -0.121. The van der Waals surface area contributed by atoms with Crippen molar-refractivity contribution in [1.29, 1.82) is 0 Å². The summed E-state index contributed by atoms with van der Waals surface area (Å²) in [6.07, 6.45) is 1.57. The van der Waals surface area contributed by atoms with Crippen molar-refractivity contribution < 1.29 is 19.1 Å². The van der Waals surface area contributed by atoms with E-state index in [0.29, 0.717) is 31.5 Å². The van der Waals surface area contributed by atoms with Gasteiger partial charge < -0.3 is 15.3 Å². The van der Waals surface area contributed by atoms with Crippen molar-refractivity contribution >= 4 is 11.8 Å². The molecule has 1 saturated heterocycles. The van der Waals surface area contributed by atoms with Crippen molar-refractivity contribution in [3.63, 3.8) is 0 Å². The standard InChI is InChI=1S/C20H21FN2O3/c21-16-6-4-14(5-7-16)12-19(25)22-17-8-10-23(11-9-17)20(26)15-2-1-3-18(24)13-15/h1-7,13,17,24H,8-12H2,(H,22,25). The van der Waals surface area contributed by atoms with E-state index < -0.39 is 0 Å². The number of aromatic hydroxyl groups is 1. The SMILES string of the molecule is O=C(Cc1ccc(F)cc1)NC1CCN(C(=O)c2cccc(O)c2)CC1. The summed E-state index contributed by atoms with van der Waals surface area (Å²) in [5.74, 6) is -0.469. The molecule has 2 aromatic carbocycles. The fourth-order valence-electron chi connectivity index (χ4n) is 3.11. The summed E-state index contributed by atoms with van der Waals surface area (Å²) < 4.78 is 12.9. The first-order valence-corrected chi connectivity index (χ1v) is 8.63. The summed E-state index contributed by atoms with van der Waals surface area (Å²) >= 11 is 0. The minimum absolute atomic E-state index is 0.0242. The van der Waals surface area contributed by atoms with Crippen LogP contribution in [0, 0.1) is 5.82 Å². The van der Waals surface area contributed by atoms with E-state index in [4.69, 9.17) is 0 Å². The van der Waals surface area contributed by atoms with Gasteiger partial charge in [-0.1, -0.05) is 18.2 Å². The fourth-order valence-corrected chi connectivity index (χ4v) is 3.11. The normalized spacial score (nSPS) is 14.9. The highest BCUT2D eigenvalue weighted by Crippen LogP contribution is 2.17. The van der Waals surface area contributed by atoms with Crippen LogP contribution in [0.3, 0.4) is 0 Å². The zero-order valence-electron chi connectivity index (χ0n) is 14.3. The molecule has 5 nitrogen and oxygen atoms in total. The zero-order valence-corrected chi connectivity index (χ0v) is 14.3.